The van der Waals surface area contributed by atoms with Crippen LogP contribution in [0.1, 0.15) is 24.6 Å². The largest absolute Gasteiger partial charge is 0.382 e. The zero-order valence-electron chi connectivity index (χ0n) is 12.8. The zero-order chi connectivity index (χ0) is 15.2. The van der Waals surface area contributed by atoms with Crippen molar-refractivity contribution in [2.24, 2.45) is 0 Å². The number of aromatic nitrogens is 2. The third-order valence-electron chi connectivity index (χ3n) is 3.28. The van der Waals surface area contributed by atoms with E-state index >= 15 is 0 Å². The summed E-state index contributed by atoms with van der Waals surface area (Å²) in [6, 6.07) is 5.91. The number of nitrogens with zero attached hydrogens (tertiary/aromatic N) is 2. The fraction of sp³-hybridized carbons (Fsp3) is 0.438. The van der Waals surface area contributed by atoms with Gasteiger partial charge in [0.15, 0.2) is 0 Å². The van der Waals surface area contributed by atoms with Crippen LogP contribution in [0.2, 0.25) is 5.02 Å². The topological polar surface area (TPSA) is 39.1 Å². The lowest BCUT2D eigenvalue weighted by Gasteiger charge is -2.13. The van der Waals surface area contributed by atoms with Gasteiger partial charge in [-0.3, -0.25) is 4.57 Å². The molecule has 0 saturated carbocycles. The second-order valence-corrected chi connectivity index (χ2v) is 5.34. The summed E-state index contributed by atoms with van der Waals surface area (Å²) in [5, 5.41) is 4.13. The van der Waals surface area contributed by atoms with Crippen molar-refractivity contribution >= 4 is 17.5 Å². The minimum atomic E-state index is 0.759. The van der Waals surface area contributed by atoms with Gasteiger partial charge in [-0.2, -0.15) is 0 Å². The van der Waals surface area contributed by atoms with Gasteiger partial charge in [-0.25, -0.2) is 4.98 Å². The van der Waals surface area contributed by atoms with Crippen LogP contribution in [0.5, 0.6) is 0 Å². The fourth-order valence-corrected chi connectivity index (χ4v) is 2.35. The standard InChI is InChI=1S/C16H22ClN3O/c1-4-21-10-6-9-18-16-19-12(2)11-20(16)15-8-5-7-14(17)13(15)3/h5,7-8,11H,4,6,9-10H2,1-3H3,(H,18,19). The number of ether oxygens (including phenoxy) is 1. The van der Waals surface area contributed by atoms with Gasteiger partial charge in [0, 0.05) is 31.0 Å². The van der Waals surface area contributed by atoms with E-state index in [1.807, 2.05) is 45.2 Å². The molecule has 114 valence electrons. The maximum absolute atomic E-state index is 6.21. The molecule has 0 radical (unpaired) electrons. The lowest BCUT2D eigenvalue weighted by atomic mass is 10.2. The van der Waals surface area contributed by atoms with Crippen LogP contribution in [0, 0.1) is 13.8 Å². The Labute approximate surface area is 131 Å². The van der Waals surface area contributed by atoms with E-state index in [1.54, 1.807) is 0 Å². The first kappa shape index (κ1) is 15.9. The average molecular weight is 308 g/mol. The molecule has 0 fully saturated rings. The molecule has 5 heteroatoms. The first-order chi connectivity index (χ1) is 10.1. The van der Waals surface area contributed by atoms with Crippen LogP contribution in [-0.2, 0) is 4.74 Å². The number of hydrogen-bond donors (Lipinski definition) is 1. The Morgan fingerprint density at radius 1 is 1.33 bits per heavy atom. The van der Waals surface area contributed by atoms with Gasteiger partial charge in [-0.15, -0.1) is 0 Å². The number of imidazole rings is 1. The first-order valence-corrected chi connectivity index (χ1v) is 7.64. The van der Waals surface area contributed by atoms with Gasteiger partial charge in [0.25, 0.3) is 0 Å². The van der Waals surface area contributed by atoms with Crippen molar-refractivity contribution in [3.05, 3.63) is 40.7 Å². The minimum Gasteiger partial charge on any atom is -0.382 e. The van der Waals surface area contributed by atoms with Crippen molar-refractivity contribution in [3.8, 4) is 5.69 Å². The third-order valence-corrected chi connectivity index (χ3v) is 3.69. The summed E-state index contributed by atoms with van der Waals surface area (Å²) in [4.78, 5) is 4.54. The van der Waals surface area contributed by atoms with Crippen LogP contribution in [0.15, 0.2) is 24.4 Å². The highest BCUT2D eigenvalue weighted by atomic mass is 35.5. The van der Waals surface area contributed by atoms with Gasteiger partial charge in [0.2, 0.25) is 5.95 Å². The molecular formula is C16H22ClN3O. The highest BCUT2D eigenvalue weighted by Crippen LogP contribution is 2.25. The van der Waals surface area contributed by atoms with Crippen molar-refractivity contribution in [1.82, 2.24) is 9.55 Å². The molecule has 2 rings (SSSR count). The van der Waals surface area contributed by atoms with Gasteiger partial charge in [0.1, 0.15) is 0 Å². The molecule has 0 saturated heterocycles. The molecule has 2 aromatic rings. The zero-order valence-corrected chi connectivity index (χ0v) is 13.6. The summed E-state index contributed by atoms with van der Waals surface area (Å²) >= 11 is 6.21. The molecule has 4 nitrogen and oxygen atoms in total. The molecule has 1 aromatic heterocycles. The van der Waals surface area contributed by atoms with Crippen molar-refractivity contribution < 1.29 is 4.74 Å². The molecule has 0 unspecified atom stereocenters. The molecule has 1 aromatic carbocycles. The second kappa shape index (κ2) is 7.48. The Bertz CT molecular complexity index is 595. The van der Waals surface area contributed by atoms with E-state index < -0.39 is 0 Å². The predicted molar refractivity (Wildman–Crippen MR) is 87.6 cm³/mol. The van der Waals surface area contributed by atoms with E-state index in [2.05, 4.69) is 14.9 Å². The third kappa shape index (κ3) is 3.99. The molecule has 0 atom stereocenters. The van der Waals surface area contributed by atoms with Crippen LogP contribution in [-0.4, -0.2) is 29.3 Å². The van der Waals surface area contributed by atoms with E-state index in [9.17, 15) is 0 Å². The molecule has 0 amide bonds. The van der Waals surface area contributed by atoms with Crippen molar-refractivity contribution in [3.63, 3.8) is 0 Å². The van der Waals surface area contributed by atoms with Crippen molar-refractivity contribution in [2.45, 2.75) is 27.2 Å². The number of aryl methyl sites for hydroxylation is 1. The highest BCUT2D eigenvalue weighted by Gasteiger charge is 2.10. The van der Waals surface area contributed by atoms with E-state index in [1.165, 1.54) is 0 Å². The Morgan fingerprint density at radius 2 is 2.14 bits per heavy atom. The van der Waals surface area contributed by atoms with Crippen LogP contribution >= 0.6 is 11.6 Å². The van der Waals surface area contributed by atoms with Gasteiger partial charge < -0.3 is 10.1 Å². The van der Waals surface area contributed by atoms with Gasteiger partial charge in [-0.1, -0.05) is 17.7 Å². The maximum Gasteiger partial charge on any atom is 0.207 e. The van der Waals surface area contributed by atoms with E-state index in [-0.39, 0.29) is 0 Å². The summed E-state index contributed by atoms with van der Waals surface area (Å²) in [5.74, 6) is 0.842. The molecule has 0 aliphatic heterocycles. The molecule has 21 heavy (non-hydrogen) atoms. The number of benzene rings is 1. The molecule has 0 aliphatic rings. The summed E-state index contributed by atoms with van der Waals surface area (Å²) in [5.41, 5.74) is 3.08. The summed E-state index contributed by atoms with van der Waals surface area (Å²) < 4.78 is 7.39. The van der Waals surface area contributed by atoms with Crippen LogP contribution in [0.4, 0.5) is 5.95 Å². The smallest absolute Gasteiger partial charge is 0.207 e. The molecule has 0 spiro atoms. The monoisotopic (exact) mass is 307 g/mol. The van der Waals surface area contributed by atoms with Crippen LogP contribution < -0.4 is 5.32 Å². The Kier molecular flexibility index (Phi) is 5.65. The Balaban J connectivity index is 2.15. The SMILES string of the molecule is CCOCCCNc1nc(C)cn1-c1cccc(Cl)c1C. The number of nitrogens with one attached hydrogen (secondary N) is 1. The number of hydrogen-bond acceptors (Lipinski definition) is 3. The van der Waals surface area contributed by atoms with Crippen molar-refractivity contribution in [1.29, 1.82) is 0 Å². The number of anilines is 1. The lowest BCUT2D eigenvalue weighted by molar-refractivity contribution is 0.147. The molecule has 1 N–H and O–H groups in total. The van der Waals surface area contributed by atoms with Crippen LogP contribution in [0.3, 0.4) is 0 Å². The summed E-state index contributed by atoms with van der Waals surface area (Å²) in [7, 11) is 0. The average Bonchev–Trinajstić information content (AvgIpc) is 2.82. The molecule has 0 aliphatic carbocycles. The Hall–Kier alpha value is -1.52. The Morgan fingerprint density at radius 3 is 2.90 bits per heavy atom. The highest BCUT2D eigenvalue weighted by molar-refractivity contribution is 6.31. The minimum absolute atomic E-state index is 0.759. The summed E-state index contributed by atoms with van der Waals surface area (Å²) in [6.07, 6.45) is 2.97. The number of halogens is 1. The molecular weight excluding hydrogens is 286 g/mol. The first-order valence-electron chi connectivity index (χ1n) is 7.26. The molecule has 1 heterocycles. The summed E-state index contributed by atoms with van der Waals surface area (Å²) in [6.45, 7) is 8.37. The van der Waals surface area contributed by atoms with Gasteiger partial charge >= 0.3 is 0 Å². The predicted octanol–water partition coefficient (Wildman–Crippen LogP) is 3.98. The van der Waals surface area contributed by atoms with Gasteiger partial charge in [0.05, 0.1) is 11.4 Å². The van der Waals surface area contributed by atoms with Crippen LogP contribution in [0.25, 0.3) is 5.69 Å². The normalized spacial score (nSPS) is 10.9. The van der Waals surface area contributed by atoms with E-state index in [0.29, 0.717) is 0 Å². The second-order valence-electron chi connectivity index (χ2n) is 4.94. The quantitative estimate of drug-likeness (QED) is 0.786. The fourth-order valence-electron chi connectivity index (χ4n) is 2.18. The van der Waals surface area contributed by atoms with Gasteiger partial charge in [-0.05, 0) is 44.9 Å². The number of rotatable bonds is 7. The lowest BCUT2D eigenvalue weighted by Crippen LogP contribution is -2.10. The van der Waals surface area contributed by atoms with Crippen molar-refractivity contribution in [2.75, 3.05) is 25.1 Å². The van der Waals surface area contributed by atoms with E-state index in [4.69, 9.17) is 16.3 Å². The van der Waals surface area contributed by atoms with E-state index in [0.717, 1.165) is 54.1 Å². The molecule has 0 bridgehead atoms. The maximum atomic E-state index is 6.21.